The normalized spacial score (nSPS) is 21.0. The molecule has 0 saturated heterocycles. The third-order valence-electron chi connectivity index (χ3n) is 7.75. The highest BCUT2D eigenvalue weighted by Crippen LogP contribution is 2.50. The van der Waals surface area contributed by atoms with Gasteiger partial charge >= 0.3 is 0 Å². The number of hydrogen-bond donors (Lipinski definition) is 0. The fourth-order valence-electron chi connectivity index (χ4n) is 5.70. The first-order chi connectivity index (χ1) is 19.8. The molecule has 0 fully saturated rings. The minimum atomic E-state index is -1.42. The molecular weight excluding hydrogens is 544 g/mol. The van der Waals surface area contributed by atoms with Crippen molar-refractivity contribution >= 4 is 11.6 Å². The number of halogens is 3. The number of nitrogens with zero attached hydrogens (tertiary/aromatic N) is 3. The van der Waals surface area contributed by atoms with Crippen LogP contribution >= 0.6 is 11.6 Å². The first-order valence-corrected chi connectivity index (χ1v) is 14.2. The van der Waals surface area contributed by atoms with Crippen LogP contribution in [0.3, 0.4) is 0 Å². The van der Waals surface area contributed by atoms with E-state index in [4.69, 9.17) is 21.1 Å². The third-order valence-corrected chi connectivity index (χ3v) is 7.99. The molecule has 1 aliphatic carbocycles. The molecule has 1 aromatic heterocycles. The zero-order valence-corrected chi connectivity index (χ0v) is 23.6. The van der Waals surface area contributed by atoms with Crippen molar-refractivity contribution < 1.29 is 18.3 Å². The standard InChI is InChI=1S/C33H30ClF2N3O2/c1-3-15-39-20-37-38-31(39)18-23-8-5-4-7-22(23)16-21-11-13-25(28(35)17-21)26-9-6-10-30-32(26)41-33(2,40-30)27-14-12-24(34)19-29(27)36/h4-14,17,19-20,22-23H,3,15-16,18H2,1-2H3. The van der Waals surface area contributed by atoms with Gasteiger partial charge in [-0.1, -0.05) is 67.1 Å². The molecule has 3 atom stereocenters. The topological polar surface area (TPSA) is 49.2 Å². The summed E-state index contributed by atoms with van der Waals surface area (Å²) in [4.78, 5) is 0. The number of benzene rings is 3. The second-order valence-electron chi connectivity index (χ2n) is 10.7. The van der Waals surface area contributed by atoms with Gasteiger partial charge < -0.3 is 14.0 Å². The summed E-state index contributed by atoms with van der Waals surface area (Å²) in [5.74, 6) is -0.134. The van der Waals surface area contributed by atoms with Crippen molar-refractivity contribution in [1.29, 1.82) is 0 Å². The maximum Gasteiger partial charge on any atom is 0.278 e. The summed E-state index contributed by atoms with van der Waals surface area (Å²) >= 11 is 5.94. The average Bonchev–Trinajstić information content (AvgIpc) is 3.53. The van der Waals surface area contributed by atoms with Crippen molar-refractivity contribution in [1.82, 2.24) is 14.8 Å². The molecule has 0 N–H and O–H groups in total. The molecule has 0 radical (unpaired) electrons. The summed E-state index contributed by atoms with van der Waals surface area (Å²) in [6, 6.07) is 14.9. The Balaban J connectivity index is 1.23. The molecule has 5 nitrogen and oxygen atoms in total. The van der Waals surface area contributed by atoms with E-state index in [1.165, 1.54) is 12.1 Å². The van der Waals surface area contributed by atoms with Gasteiger partial charge in [0.25, 0.3) is 5.79 Å². The van der Waals surface area contributed by atoms with Gasteiger partial charge in [-0.25, -0.2) is 8.78 Å². The number of aromatic nitrogens is 3. The fourth-order valence-corrected chi connectivity index (χ4v) is 5.86. The quantitative estimate of drug-likeness (QED) is 0.214. The van der Waals surface area contributed by atoms with Gasteiger partial charge in [0, 0.05) is 36.0 Å². The van der Waals surface area contributed by atoms with Gasteiger partial charge in [0.05, 0.1) is 5.56 Å². The van der Waals surface area contributed by atoms with Crippen LogP contribution in [0.4, 0.5) is 8.78 Å². The predicted molar refractivity (Wildman–Crippen MR) is 155 cm³/mol. The fraction of sp³-hybridized carbons (Fsp3) is 0.273. The number of fused-ring (bicyclic) bond motifs is 1. The van der Waals surface area contributed by atoms with Gasteiger partial charge in [-0.2, -0.15) is 0 Å². The molecule has 2 aliphatic rings. The van der Waals surface area contributed by atoms with E-state index in [2.05, 4.69) is 39.9 Å². The van der Waals surface area contributed by atoms with Crippen LogP contribution in [-0.2, 0) is 25.2 Å². The van der Waals surface area contributed by atoms with Gasteiger partial charge in [0.15, 0.2) is 11.5 Å². The van der Waals surface area contributed by atoms with Crippen molar-refractivity contribution in [3.8, 4) is 22.6 Å². The van der Waals surface area contributed by atoms with Crippen LogP contribution in [0, 0.1) is 23.5 Å². The Kier molecular flexibility index (Phi) is 7.39. The number of rotatable bonds is 8. The SMILES string of the molecule is CCCn1cnnc1CC1C=CC=CC1Cc1ccc(-c2cccc3c2OC(C)(c2ccc(Cl)cc2F)O3)c(F)c1. The van der Waals surface area contributed by atoms with Crippen molar-refractivity contribution in [3.05, 3.63) is 119 Å². The molecule has 4 aromatic rings. The highest BCUT2D eigenvalue weighted by Gasteiger charge is 2.42. The van der Waals surface area contributed by atoms with E-state index >= 15 is 4.39 Å². The Morgan fingerprint density at radius 3 is 2.49 bits per heavy atom. The minimum absolute atomic E-state index is 0.199. The highest BCUT2D eigenvalue weighted by atomic mass is 35.5. The summed E-state index contributed by atoms with van der Waals surface area (Å²) in [5, 5.41) is 8.72. The van der Waals surface area contributed by atoms with Gasteiger partial charge in [-0.15, -0.1) is 10.2 Å². The molecule has 3 unspecified atom stereocenters. The molecule has 1 aliphatic heterocycles. The smallest absolute Gasteiger partial charge is 0.278 e. The number of allylic oxidation sites excluding steroid dienone is 4. The molecule has 41 heavy (non-hydrogen) atoms. The summed E-state index contributed by atoms with van der Waals surface area (Å²) in [6.07, 6.45) is 12.8. The molecule has 8 heteroatoms. The second kappa shape index (κ2) is 11.1. The molecule has 0 saturated carbocycles. The number of ether oxygens (including phenoxy) is 2. The molecular formula is C33H30ClF2N3O2. The maximum atomic E-state index is 15.7. The van der Waals surface area contributed by atoms with Crippen LogP contribution in [0.25, 0.3) is 11.1 Å². The van der Waals surface area contributed by atoms with E-state index in [0.29, 0.717) is 29.0 Å². The van der Waals surface area contributed by atoms with E-state index in [-0.39, 0.29) is 28.2 Å². The van der Waals surface area contributed by atoms with Gasteiger partial charge in [-0.05, 0) is 60.6 Å². The minimum Gasteiger partial charge on any atom is -0.444 e. The van der Waals surface area contributed by atoms with Crippen LogP contribution in [0.15, 0.2) is 85.2 Å². The molecule has 0 amide bonds. The van der Waals surface area contributed by atoms with Crippen molar-refractivity contribution in [2.75, 3.05) is 0 Å². The Hall–Kier alpha value is -3.97. The van der Waals surface area contributed by atoms with Crippen LogP contribution in [0.2, 0.25) is 5.02 Å². The number of para-hydroxylation sites is 1. The van der Waals surface area contributed by atoms with Crippen molar-refractivity contribution in [2.24, 2.45) is 11.8 Å². The lowest BCUT2D eigenvalue weighted by molar-refractivity contribution is -0.0705. The summed E-state index contributed by atoms with van der Waals surface area (Å²) < 4.78 is 44.8. The van der Waals surface area contributed by atoms with E-state index in [1.54, 1.807) is 49.6 Å². The molecule has 6 rings (SSSR count). The summed E-state index contributed by atoms with van der Waals surface area (Å²) in [5.41, 5.74) is 2.03. The average molecular weight is 574 g/mol. The molecule has 210 valence electrons. The Labute approximate surface area is 243 Å². The number of aryl methyl sites for hydroxylation is 1. The lowest BCUT2D eigenvalue weighted by atomic mass is 9.81. The lowest BCUT2D eigenvalue weighted by Gasteiger charge is -2.24. The summed E-state index contributed by atoms with van der Waals surface area (Å²) in [6.45, 7) is 4.66. The van der Waals surface area contributed by atoms with Crippen LogP contribution < -0.4 is 9.47 Å². The van der Waals surface area contributed by atoms with E-state index in [9.17, 15) is 4.39 Å². The third kappa shape index (κ3) is 5.38. The van der Waals surface area contributed by atoms with E-state index in [1.807, 2.05) is 12.1 Å². The Morgan fingerprint density at radius 1 is 0.927 bits per heavy atom. The van der Waals surface area contributed by atoms with Crippen molar-refractivity contribution in [2.45, 2.75) is 45.4 Å². The molecule has 2 heterocycles. The Bertz CT molecular complexity index is 1650. The Morgan fingerprint density at radius 2 is 1.73 bits per heavy atom. The van der Waals surface area contributed by atoms with Crippen molar-refractivity contribution in [3.63, 3.8) is 0 Å². The monoisotopic (exact) mass is 573 g/mol. The summed E-state index contributed by atoms with van der Waals surface area (Å²) in [7, 11) is 0. The predicted octanol–water partition coefficient (Wildman–Crippen LogP) is 8.07. The van der Waals surface area contributed by atoms with Gasteiger partial charge in [0.1, 0.15) is 23.8 Å². The van der Waals surface area contributed by atoms with E-state index < -0.39 is 11.6 Å². The van der Waals surface area contributed by atoms with Crippen LogP contribution in [0.5, 0.6) is 11.5 Å². The van der Waals surface area contributed by atoms with Crippen LogP contribution in [-0.4, -0.2) is 14.8 Å². The largest absolute Gasteiger partial charge is 0.444 e. The first-order valence-electron chi connectivity index (χ1n) is 13.8. The van der Waals surface area contributed by atoms with E-state index in [0.717, 1.165) is 30.8 Å². The molecule has 0 bridgehead atoms. The highest BCUT2D eigenvalue weighted by molar-refractivity contribution is 6.30. The first kappa shape index (κ1) is 27.2. The second-order valence-corrected chi connectivity index (χ2v) is 11.1. The molecule has 3 aromatic carbocycles. The van der Waals surface area contributed by atoms with Gasteiger partial charge in [-0.3, -0.25) is 0 Å². The maximum absolute atomic E-state index is 15.7. The lowest BCUT2D eigenvalue weighted by Crippen LogP contribution is -2.32. The van der Waals surface area contributed by atoms with Gasteiger partial charge in [0.2, 0.25) is 0 Å². The zero-order valence-electron chi connectivity index (χ0n) is 22.9. The zero-order chi connectivity index (χ0) is 28.6. The van der Waals surface area contributed by atoms with Crippen LogP contribution in [0.1, 0.15) is 37.2 Å². The number of hydrogen-bond acceptors (Lipinski definition) is 4. The molecule has 0 spiro atoms.